The van der Waals surface area contributed by atoms with Gasteiger partial charge in [0.15, 0.2) is 5.82 Å². The number of hydrogen-bond donors (Lipinski definition) is 2. The summed E-state index contributed by atoms with van der Waals surface area (Å²) in [5.74, 6) is 1.35. The number of nitrogens with zero attached hydrogens (tertiary/aromatic N) is 3. The van der Waals surface area contributed by atoms with Crippen molar-refractivity contribution in [2.24, 2.45) is 16.5 Å². The van der Waals surface area contributed by atoms with Crippen LogP contribution < -0.4 is 16.2 Å². The zero-order valence-electron chi connectivity index (χ0n) is 13.2. The average Bonchev–Trinajstić information content (AvgIpc) is 2.55. The summed E-state index contributed by atoms with van der Waals surface area (Å²) >= 11 is 0. The topological polar surface area (TPSA) is 99.4 Å². The third-order valence-electron chi connectivity index (χ3n) is 3.13. The van der Waals surface area contributed by atoms with E-state index in [0.29, 0.717) is 17.3 Å². The fourth-order valence-electron chi connectivity index (χ4n) is 2.15. The molecule has 6 heteroatoms. The van der Waals surface area contributed by atoms with Crippen molar-refractivity contribution in [3.63, 3.8) is 0 Å². The van der Waals surface area contributed by atoms with Crippen LogP contribution in [-0.2, 0) is 0 Å². The Bertz CT molecular complexity index is 915. The van der Waals surface area contributed by atoms with Gasteiger partial charge in [0, 0.05) is 11.1 Å². The second-order valence-electron chi connectivity index (χ2n) is 5.19. The lowest BCUT2D eigenvalue weighted by molar-refractivity contribution is 0.445. The van der Waals surface area contributed by atoms with Gasteiger partial charge in [-0.3, -0.25) is 0 Å². The molecule has 0 aliphatic rings. The molecule has 0 spiro atoms. The molecule has 0 bridgehead atoms. The molecular weight excluding hydrogens is 302 g/mol. The number of allylic oxidation sites excluding steroid dienone is 1. The molecule has 4 N–H and O–H groups in total. The molecule has 0 fully saturated rings. The molecule has 1 aromatic heterocycles. The summed E-state index contributed by atoms with van der Waals surface area (Å²) < 4.78 is 5.72. The van der Waals surface area contributed by atoms with Crippen LogP contribution in [0.15, 0.2) is 71.4 Å². The number of aliphatic imine (C=N–C) groups is 1. The second kappa shape index (κ2) is 6.78. The molecule has 0 atom stereocenters. The van der Waals surface area contributed by atoms with Crippen molar-refractivity contribution in [2.75, 3.05) is 0 Å². The van der Waals surface area contributed by atoms with Gasteiger partial charge < -0.3 is 16.2 Å². The van der Waals surface area contributed by atoms with Crippen LogP contribution in [0.5, 0.6) is 11.8 Å². The Labute approximate surface area is 139 Å². The molecule has 0 radical (unpaired) electrons. The fourth-order valence-corrected chi connectivity index (χ4v) is 2.15. The van der Waals surface area contributed by atoms with Gasteiger partial charge in [-0.05, 0) is 37.3 Å². The van der Waals surface area contributed by atoms with Crippen molar-refractivity contribution in [1.82, 2.24) is 9.97 Å². The molecule has 24 heavy (non-hydrogen) atoms. The van der Waals surface area contributed by atoms with E-state index in [2.05, 4.69) is 15.0 Å². The number of rotatable bonds is 4. The van der Waals surface area contributed by atoms with Gasteiger partial charge in [0.25, 0.3) is 0 Å². The Kier molecular flexibility index (Phi) is 4.38. The Morgan fingerprint density at radius 2 is 1.71 bits per heavy atom. The fraction of sp³-hybridized carbons (Fsp3) is 0.0556. The Balaban J connectivity index is 2.08. The van der Waals surface area contributed by atoms with Gasteiger partial charge in [-0.2, -0.15) is 9.97 Å². The summed E-state index contributed by atoms with van der Waals surface area (Å²) in [6.45, 7) is 1.74. The first kappa shape index (κ1) is 15.5. The third kappa shape index (κ3) is 3.67. The molecule has 0 saturated carbocycles. The van der Waals surface area contributed by atoms with E-state index < -0.39 is 0 Å². The van der Waals surface area contributed by atoms with Crippen LogP contribution in [0.3, 0.4) is 0 Å². The quantitative estimate of drug-likeness (QED) is 0.568. The maximum Gasteiger partial charge on any atom is 0.324 e. The summed E-state index contributed by atoms with van der Waals surface area (Å²) in [5, 5.41) is 0.781. The number of fused-ring (bicyclic) bond motifs is 1. The first-order valence-corrected chi connectivity index (χ1v) is 7.39. The van der Waals surface area contributed by atoms with Crippen molar-refractivity contribution in [2.45, 2.75) is 6.92 Å². The predicted molar refractivity (Wildman–Crippen MR) is 95.3 cm³/mol. The lowest BCUT2D eigenvalue weighted by atomic mass is 10.2. The normalized spacial score (nSPS) is 12.4. The number of amidine groups is 1. The lowest BCUT2D eigenvalue weighted by Crippen LogP contribution is -2.10. The highest BCUT2D eigenvalue weighted by molar-refractivity contribution is 5.97. The Morgan fingerprint density at radius 1 is 1.00 bits per heavy atom. The van der Waals surface area contributed by atoms with Gasteiger partial charge >= 0.3 is 6.01 Å². The van der Waals surface area contributed by atoms with Gasteiger partial charge in [-0.1, -0.05) is 30.3 Å². The largest absolute Gasteiger partial charge is 0.424 e. The van der Waals surface area contributed by atoms with E-state index in [9.17, 15) is 0 Å². The van der Waals surface area contributed by atoms with Crippen molar-refractivity contribution < 1.29 is 4.74 Å². The number of nitrogens with two attached hydrogens (primary N) is 2. The van der Waals surface area contributed by atoms with Crippen molar-refractivity contribution in [1.29, 1.82) is 0 Å². The summed E-state index contributed by atoms with van der Waals surface area (Å²) in [6.07, 6.45) is 1.58. The SMILES string of the molecule is C/C(N)=C/C(N)=Nc1nc(Oc2ccccc2)nc2ccccc12. The van der Waals surface area contributed by atoms with E-state index in [1.54, 1.807) is 13.0 Å². The average molecular weight is 319 g/mol. The molecular formula is C18H17N5O. The van der Waals surface area contributed by atoms with Gasteiger partial charge in [0.2, 0.25) is 0 Å². The first-order valence-electron chi connectivity index (χ1n) is 7.39. The molecule has 2 aromatic carbocycles. The number of hydrogen-bond acceptors (Lipinski definition) is 5. The molecule has 6 nitrogen and oxygen atoms in total. The molecule has 0 amide bonds. The minimum atomic E-state index is 0.208. The smallest absolute Gasteiger partial charge is 0.324 e. The molecule has 0 saturated heterocycles. The zero-order chi connectivity index (χ0) is 16.9. The molecule has 0 aliphatic carbocycles. The van der Waals surface area contributed by atoms with Crippen LogP contribution in [0.2, 0.25) is 0 Å². The van der Waals surface area contributed by atoms with Crippen LogP contribution in [0.4, 0.5) is 5.82 Å². The summed E-state index contributed by atoms with van der Waals surface area (Å²) in [5.41, 5.74) is 12.8. The predicted octanol–water partition coefficient (Wildman–Crippen LogP) is 3.27. The van der Waals surface area contributed by atoms with Crippen LogP contribution in [0.1, 0.15) is 6.92 Å². The first-order chi connectivity index (χ1) is 11.6. The van der Waals surface area contributed by atoms with Gasteiger partial charge in [-0.15, -0.1) is 0 Å². The Morgan fingerprint density at radius 3 is 2.46 bits per heavy atom. The van der Waals surface area contributed by atoms with E-state index in [1.807, 2.05) is 54.6 Å². The zero-order valence-corrected chi connectivity index (χ0v) is 13.2. The van der Waals surface area contributed by atoms with E-state index in [4.69, 9.17) is 16.2 Å². The van der Waals surface area contributed by atoms with Crippen LogP contribution >= 0.6 is 0 Å². The summed E-state index contributed by atoms with van der Waals surface area (Å²) in [7, 11) is 0. The van der Waals surface area contributed by atoms with Gasteiger partial charge in [-0.25, -0.2) is 4.99 Å². The second-order valence-corrected chi connectivity index (χ2v) is 5.19. The van der Waals surface area contributed by atoms with Crippen LogP contribution in [0, 0.1) is 0 Å². The standard InChI is InChI=1S/C18H17N5O/c1-12(19)11-16(20)22-17-14-9-5-6-10-15(14)21-18(23-17)24-13-7-3-2-4-8-13/h2-11H,19H2,1H3,(H2,20,21,22,23)/b12-11-. The summed E-state index contributed by atoms with van der Waals surface area (Å²) in [4.78, 5) is 13.1. The monoisotopic (exact) mass is 319 g/mol. The third-order valence-corrected chi connectivity index (χ3v) is 3.13. The van der Waals surface area contributed by atoms with E-state index >= 15 is 0 Å². The molecule has 3 aromatic rings. The highest BCUT2D eigenvalue weighted by atomic mass is 16.5. The Hall–Kier alpha value is -3.41. The lowest BCUT2D eigenvalue weighted by Gasteiger charge is -2.07. The molecule has 3 rings (SSSR count). The molecule has 1 heterocycles. The van der Waals surface area contributed by atoms with Crippen molar-refractivity contribution >= 4 is 22.6 Å². The molecule has 0 aliphatic heterocycles. The number of benzene rings is 2. The number of aromatic nitrogens is 2. The highest BCUT2D eigenvalue weighted by Gasteiger charge is 2.09. The maximum absolute atomic E-state index is 5.89. The van der Waals surface area contributed by atoms with Crippen LogP contribution in [0.25, 0.3) is 10.9 Å². The minimum absolute atomic E-state index is 0.208. The maximum atomic E-state index is 5.89. The number of para-hydroxylation sites is 2. The van der Waals surface area contributed by atoms with Gasteiger partial charge in [0.1, 0.15) is 11.6 Å². The minimum Gasteiger partial charge on any atom is -0.424 e. The van der Waals surface area contributed by atoms with E-state index in [-0.39, 0.29) is 11.8 Å². The van der Waals surface area contributed by atoms with Crippen molar-refractivity contribution in [3.8, 4) is 11.8 Å². The molecule has 0 unspecified atom stereocenters. The molecule has 120 valence electrons. The highest BCUT2D eigenvalue weighted by Crippen LogP contribution is 2.27. The van der Waals surface area contributed by atoms with Gasteiger partial charge in [0.05, 0.1) is 5.52 Å². The summed E-state index contributed by atoms with van der Waals surface area (Å²) in [6, 6.07) is 17.1. The van der Waals surface area contributed by atoms with E-state index in [0.717, 1.165) is 10.9 Å². The number of ether oxygens (including phenoxy) is 1. The van der Waals surface area contributed by atoms with E-state index in [1.165, 1.54) is 0 Å². The van der Waals surface area contributed by atoms with Crippen molar-refractivity contribution in [3.05, 3.63) is 66.4 Å². The van der Waals surface area contributed by atoms with Crippen LogP contribution in [-0.4, -0.2) is 15.8 Å².